The number of alkyl halides is 3. The molecule has 0 radical (unpaired) electrons. The number of hydrogen-bond donors (Lipinski definition) is 0. The third-order valence-corrected chi connectivity index (χ3v) is 5.39. The molecule has 0 amide bonds. The summed E-state index contributed by atoms with van der Waals surface area (Å²) in [5.41, 5.74) is 1.32. The number of phosphoric acid groups is 1. The largest absolute Gasteiger partial charge is 0.588 e. The first kappa shape index (κ1) is 21.9. The van der Waals surface area contributed by atoms with Crippen LogP contribution < -0.4 is 9.05 Å². The van der Waals surface area contributed by atoms with Crippen molar-refractivity contribution in [3.8, 4) is 11.5 Å². The molecule has 0 heterocycles. The van der Waals surface area contributed by atoms with Crippen molar-refractivity contribution in [2.45, 2.75) is 26.1 Å². The van der Waals surface area contributed by atoms with E-state index in [1.807, 2.05) is 0 Å². The van der Waals surface area contributed by atoms with Crippen LogP contribution in [0.5, 0.6) is 11.5 Å². The Morgan fingerprint density at radius 2 is 1.27 bits per heavy atom. The smallest absolute Gasteiger partial charge is 0.395 e. The lowest BCUT2D eigenvalue weighted by Gasteiger charge is -2.26. The highest BCUT2D eigenvalue weighted by Gasteiger charge is 2.48. The van der Waals surface area contributed by atoms with Crippen molar-refractivity contribution in [2.75, 3.05) is 0 Å². The molecule has 3 aromatic carbocycles. The van der Waals surface area contributed by atoms with Crippen molar-refractivity contribution in [3.63, 3.8) is 0 Å². The topological polar surface area (TPSA) is 44.8 Å². The quantitative estimate of drug-likeness (QED) is 0.368. The summed E-state index contributed by atoms with van der Waals surface area (Å²) < 4.78 is 70.6. The third kappa shape index (κ3) is 5.88. The fourth-order valence-electron chi connectivity index (χ4n) is 2.73. The number of phosphoric ester groups is 1. The van der Waals surface area contributed by atoms with Gasteiger partial charge in [-0.1, -0.05) is 54.6 Å². The fraction of sp³-hybridized carbons (Fsp3) is 0.182. The number of halogens is 3. The SMILES string of the molecule is Cc1cccc(OP(=O)(Oc2cccc(C)c2)O[C@@H](c2ccccc2)C(F)(F)F)c1. The second-order valence-electron chi connectivity index (χ2n) is 6.70. The zero-order valence-electron chi connectivity index (χ0n) is 16.3. The zero-order valence-corrected chi connectivity index (χ0v) is 17.2. The average Bonchev–Trinajstić information content (AvgIpc) is 2.66. The summed E-state index contributed by atoms with van der Waals surface area (Å²) in [7, 11) is -4.74. The Labute approximate surface area is 172 Å². The van der Waals surface area contributed by atoms with Crippen molar-refractivity contribution in [2.24, 2.45) is 0 Å². The molecule has 0 aliphatic heterocycles. The van der Waals surface area contributed by atoms with Gasteiger partial charge in [0.25, 0.3) is 0 Å². The minimum Gasteiger partial charge on any atom is -0.395 e. The molecule has 0 fully saturated rings. The summed E-state index contributed by atoms with van der Waals surface area (Å²) in [5, 5.41) is 0. The minimum atomic E-state index is -4.84. The second kappa shape index (κ2) is 8.94. The van der Waals surface area contributed by atoms with Gasteiger partial charge in [0.05, 0.1) is 0 Å². The Balaban J connectivity index is 1.99. The van der Waals surface area contributed by atoms with Gasteiger partial charge in [-0.25, -0.2) is 9.09 Å². The molecule has 3 aromatic rings. The third-order valence-electron chi connectivity index (χ3n) is 4.05. The van der Waals surface area contributed by atoms with Crippen LogP contribution in [0.2, 0.25) is 0 Å². The molecule has 0 spiro atoms. The van der Waals surface area contributed by atoms with Crippen molar-refractivity contribution in [1.82, 2.24) is 0 Å². The highest BCUT2D eigenvalue weighted by Crippen LogP contribution is 2.56. The summed E-state index contributed by atoms with van der Waals surface area (Å²) in [6.07, 6.45) is -7.35. The summed E-state index contributed by atoms with van der Waals surface area (Å²) in [6.45, 7) is 3.53. The standard InChI is InChI=1S/C22H20F3O4P/c1-16-8-6-12-19(14-16)27-30(26,28-20-13-7-9-17(2)15-20)29-21(22(23,24)25)18-10-4-3-5-11-18/h3-15,21H,1-2H3/t21-/m0/s1. The van der Waals surface area contributed by atoms with E-state index in [0.717, 1.165) is 11.1 Å². The monoisotopic (exact) mass is 436 g/mol. The minimum absolute atomic E-state index is 0.0694. The van der Waals surface area contributed by atoms with Crippen LogP contribution in [0.25, 0.3) is 0 Å². The molecule has 3 rings (SSSR count). The van der Waals surface area contributed by atoms with Gasteiger partial charge in [0, 0.05) is 0 Å². The van der Waals surface area contributed by atoms with Crippen molar-refractivity contribution in [1.29, 1.82) is 0 Å². The molecule has 30 heavy (non-hydrogen) atoms. The Morgan fingerprint density at radius 3 is 1.70 bits per heavy atom. The first-order chi connectivity index (χ1) is 14.1. The molecule has 0 aliphatic carbocycles. The van der Waals surface area contributed by atoms with Crippen LogP contribution in [0, 0.1) is 13.8 Å². The molecule has 8 heteroatoms. The summed E-state index contributed by atoms with van der Waals surface area (Å²) >= 11 is 0. The lowest BCUT2D eigenvalue weighted by molar-refractivity contribution is -0.201. The zero-order chi connectivity index (χ0) is 21.8. The Bertz CT molecular complexity index is 986. The van der Waals surface area contributed by atoms with Gasteiger partial charge < -0.3 is 9.05 Å². The van der Waals surface area contributed by atoms with Gasteiger partial charge in [-0.15, -0.1) is 0 Å². The summed E-state index contributed by atoms with van der Waals surface area (Å²) in [5.74, 6) is 0.139. The maximum atomic E-state index is 13.8. The van der Waals surface area contributed by atoms with Gasteiger partial charge in [-0.05, 0) is 54.8 Å². The van der Waals surface area contributed by atoms with E-state index in [4.69, 9.17) is 13.6 Å². The van der Waals surface area contributed by atoms with E-state index in [-0.39, 0.29) is 17.1 Å². The molecule has 0 aliphatic rings. The van der Waals surface area contributed by atoms with Crippen molar-refractivity contribution >= 4 is 7.82 Å². The van der Waals surface area contributed by atoms with Crippen LogP contribution in [-0.2, 0) is 9.09 Å². The average molecular weight is 436 g/mol. The second-order valence-corrected chi connectivity index (χ2v) is 8.17. The normalized spacial score (nSPS) is 13.0. The highest BCUT2D eigenvalue weighted by molar-refractivity contribution is 7.49. The molecule has 0 N–H and O–H groups in total. The van der Waals surface area contributed by atoms with Crippen LogP contribution in [0.15, 0.2) is 78.9 Å². The van der Waals surface area contributed by atoms with E-state index < -0.39 is 20.1 Å². The highest BCUT2D eigenvalue weighted by atomic mass is 31.2. The molecule has 1 atom stereocenters. The molecule has 0 unspecified atom stereocenters. The van der Waals surface area contributed by atoms with Gasteiger partial charge in [0.15, 0.2) is 6.10 Å². The number of rotatable bonds is 7. The summed E-state index contributed by atoms with van der Waals surface area (Å²) in [4.78, 5) is 0. The van der Waals surface area contributed by atoms with E-state index in [1.54, 1.807) is 44.2 Å². The lowest BCUT2D eigenvalue weighted by atomic mass is 10.1. The van der Waals surface area contributed by atoms with Crippen LogP contribution in [-0.4, -0.2) is 6.18 Å². The van der Waals surface area contributed by atoms with E-state index in [9.17, 15) is 17.7 Å². The van der Waals surface area contributed by atoms with Crippen molar-refractivity contribution < 1.29 is 31.3 Å². The molecule has 0 bridgehead atoms. The number of aryl methyl sites for hydroxylation is 2. The van der Waals surface area contributed by atoms with E-state index in [2.05, 4.69) is 0 Å². The van der Waals surface area contributed by atoms with E-state index in [0.29, 0.717) is 0 Å². The van der Waals surface area contributed by atoms with Gasteiger partial charge in [0.1, 0.15) is 11.5 Å². The Hall–Kier alpha value is -2.76. The maximum Gasteiger partial charge on any atom is 0.588 e. The molecular formula is C22H20F3O4P. The van der Waals surface area contributed by atoms with Crippen LogP contribution in [0.4, 0.5) is 13.2 Å². The molecular weight excluding hydrogens is 416 g/mol. The molecule has 0 saturated heterocycles. The molecule has 0 saturated carbocycles. The predicted octanol–water partition coefficient (Wildman–Crippen LogP) is 7.19. The van der Waals surface area contributed by atoms with E-state index >= 15 is 0 Å². The lowest BCUT2D eigenvalue weighted by Crippen LogP contribution is -2.24. The maximum absolute atomic E-state index is 13.8. The molecule has 0 aromatic heterocycles. The van der Waals surface area contributed by atoms with Crippen LogP contribution >= 0.6 is 7.82 Å². The first-order valence-electron chi connectivity index (χ1n) is 9.07. The predicted molar refractivity (Wildman–Crippen MR) is 108 cm³/mol. The Kier molecular flexibility index (Phi) is 6.54. The number of hydrogen-bond acceptors (Lipinski definition) is 4. The van der Waals surface area contributed by atoms with Crippen LogP contribution in [0.3, 0.4) is 0 Å². The van der Waals surface area contributed by atoms with Crippen molar-refractivity contribution in [3.05, 3.63) is 95.6 Å². The number of benzene rings is 3. The van der Waals surface area contributed by atoms with Gasteiger partial charge in [-0.2, -0.15) is 13.2 Å². The first-order valence-corrected chi connectivity index (χ1v) is 10.5. The molecule has 4 nitrogen and oxygen atoms in total. The summed E-state index contributed by atoms with van der Waals surface area (Å²) in [6, 6.07) is 19.7. The van der Waals surface area contributed by atoms with Crippen LogP contribution in [0.1, 0.15) is 22.8 Å². The van der Waals surface area contributed by atoms with Gasteiger partial charge in [-0.3, -0.25) is 0 Å². The van der Waals surface area contributed by atoms with E-state index in [1.165, 1.54) is 48.5 Å². The fourth-order valence-corrected chi connectivity index (χ4v) is 4.10. The van der Waals surface area contributed by atoms with Gasteiger partial charge >= 0.3 is 14.0 Å². The van der Waals surface area contributed by atoms with Gasteiger partial charge in [0.2, 0.25) is 0 Å². The Morgan fingerprint density at radius 1 is 0.767 bits per heavy atom. The molecule has 158 valence electrons.